The summed E-state index contributed by atoms with van der Waals surface area (Å²) in [7, 11) is 2.16. The first kappa shape index (κ1) is 21.4. The molecular formula is C23H33N7O. The van der Waals surface area contributed by atoms with Crippen LogP contribution in [0.25, 0.3) is 0 Å². The van der Waals surface area contributed by atoms with Crippen molar-refractivity contribution in [2.75, 3.05) is 74.5 Å². The Labute approximate surface area is 184 Å². The van der Waals surface area contributed by atoms with E-state index in [0.717, 1.165) is 73.5 Å². The average Bonchev–Trinajstić information content (AvgIpc) is 2.76. The van der Waals surface area contributed by atoms with Crippen molar-refractivity contribution in [3.63, 3.8) is 0 Å². The minimum Gasteiger partial charge on any atom is -0.354 e. The summed E-state index contributed by atoms with van der Waals surface area (Å²) < 4.78 is 0. The first-order valence-electron chi connectivity index (χ1n) is 11.1. The van der Waals surface area contributed by atoms with E-state index >= 15 is 0 Å². The van der Waals surface area contributed by atoms with Gasteiger partial charge in [0, 0.05) is 69.8 Å². The van der Waals surface area contributed by atoms with Crippen molar-refractivity contribution in [3.8, 4) is 0 Å². The average molecular weight is 424 g/mol. The number of piperazine rings is 2. The number of likely N-dealkylation sites (N-methyl/N-ethyl adjacent to an activating group) is 1. The molecule has 1 aromatic carbocycles. The SMILES string of the molecule is Cc1ccc(C)c(NC(=O)N2CCN(c3nc(C)cc(N4CCN(C)CC4)n3)CC2)c1. The number of aryl methyl sites for hydroxylation is 3. The van der Waals surface area contributed by atoms with Gasteiger partial charge >= 0.3 is 6.03 Å². The third kappa shape index (κ3) is 5.07. The van der Waals surface area contributed by atoms with Gasteiger partial charge in [-0.05, 0) is 45.0 Å². The number of benzene rings is 1. The molecule has 1 N–H and O–H groups in total. The van der Waals surface area contributed by atoms with Crippen molar-refractivity contribution >= 4 is 23.5 Å². The molecule has 8 nitrogen and oxygen atoms in total. The standard InChI is InChI=1S/C23H33N7O/c1-17-5-6-18(2)20(15-17)25-23(31)30-13-11-29(12-14-30)22-24-19(3)16-21(26-22)28-9-7-27(4)8-10-28/h5-6,15-16H,7-14H2,1-4H3,(H,25,31). The highest BCUT2D eigenvalue weighted by molar-refractivity contribution is 5.90. The number of amides is 2. The maximum Gasteiger partial charge on any atom is 0.321 e. The number of anilines is 3. The number of rotatable bonds is 3. The molecule has 2 aliphatic heterocycles. The summed E-state index contributed by atoms with van der Waals surface area (Å²) in [5.74, 6) is 1.77. The molecule has 166 valence electrons. The second-order valence-electron chi connectivity index (χ2n) is 8.68. The van der Waals surface area contributed by atoms with E-state index in [9.17, 15) is 4.79 Å². The minimum absolute atomic E-state index is 0.0448. The number of urea groups is 1. The third-order valence-corrected chi connectivity index (χ3v) is 6.14. The van der Waals surface area contributed by atoms with Gasteiger partial charge in [0.05, 0.1) is 0 Å². The number of nitrogens with zero attached hydrogens (tertiary/aromatic N) is 6. The van der Waals surface area contributed by atoms with Crippen LogP contribution in [0.1, 0.15) is 16.8 Å². The largest absolute Gasteiger partial charge is 0.354 e. The second kappa shape index (κ2) is 9.09. The third-order valence-electron chi connectivity index (χ3n) is 6.14. The van der Waals surface area contributed by atoms with Crippen LogP contribution >= 0.6 is 0 Å². The maximum absolute atomic E-state index is 12.8. The lowest BCUT2D eigenvalue weighted by Gasteiger charge is -2.36. The lowest BCUT2D eigenvalue weighted by Crippen LogP contribution is -2.50. The highest BCUT2D eigenvalue weighted by Gasteiger charge is 2.24. The predicted molar refractivity (Wildman–Crippen MR) is 125 cm³/mol. The summed E-state index contributed by atoms with van der Waals surface area (Å²) in [6.45, 7) is 12.9. The smallest absolute Gasteiger partial charge is 0.321 e. The number of carbonyl (C=O) groups excluding carboxylic acids is 1. The van der Waals surface area contributed by atoms with Crippen LogP contribution < -0.4 is 15.1 Å². The van der Waals surface area contributed by atoms with Crippen molar-refractivity contribution < 1.29 is 4.79 Å². The fraction of sp³-hybridized carbons (Fsp3) is 0.522. The molecule has 8 heteroatoms. The normalized spacial score (nSPS) is 17.7. The van der Waals surface area contributed by atoms with E-state index in [2.05, 4.69) is 44.2 Å². The van der Waals surface area contributed by atoms with Gasteiger partial charge in [-0.2, -0.15) is 4.98 Å². The first-order chi connectivity index (χ1) is 14.9. The van der Waals surface area contributed by atoms with Gasteiger partial charge in [-0.3, -0.25) is 0 Å². The van der Waals surface area contributed by atoms with E-state index in [4.69, 9.17) is 4.98 Å². The molecule has 0 atom stereocenters. The quantitative estimate of drug-likeness (QED) is 0.818. The van der Waals surface area contributed by atoms with Gasteiger partial charge < -0.3 is 24.9 Å². The molecule has 2 aliphatic rings. The van der Waals surface area contributed by atoms with Crippen LogP contribution in [0.5, 0.6) is 0 Å². The van der Waals surface area contributed by atoms with Gasteiger partial charge in [-0.1, -0.05) is 12.1 Å². The summed E-state index contributed by atoms with van der Waals surface area (Å²) in [6, 6.07) is 8.14. The zero-order valence-corrected chi connectivity index (χ0v) is 19.1. The van der Waals surface area contributed by atoms with Gasteiger partial charge in [0.1, 0.15) is 5.82 Å². The van der Waals surface area contributed by atoms with E-state index in [-0.39, 0.29) is 6.03 Å². The Morgan fingerprint density at radius 1 is 0.871 bits per heavy atom. The van der Waals surface area contributed by atoms with Crippen LogP contribution in [-0.2, 0) is 0 Å². The lowest BCUT2D eigenvalue weighted by atomic mass is 10.1. The van der Waals surface area contributed by atoms with Crippen molar-refractivity contribution in [2.24, 2.45) is 0 Å². The maximum atomic E-state index is 12.8. The first-order valence-corrected chi connectivity index (χ1v) is 11.1. The Morgan fingerprint density at radius 3 is 2.26 bits per heavy atom. The lowest BCUT2D eigenvalue weighted by molar-refractivity contribution is 0.208. The molecule has 0 radical (unpaired) electrons. The highest BCUT2D eigenvalue weighted by Crippen LogP contribution is 2.21. The summed E-state index contributed by atoms with van der Waals surface area (Å²) in [5, 5.41) is 3.07. The zero-order valence-electron chi connectivity index (χ0n) is 19.1. The molecule has 0 aliphatic carbocycles. The highest BCUT2D eigenvalue weighted by atomic mass is 16.2. The number of hydrogen-bond donors (Lipinski definition) is 1. The molecule has 4 rings (SSSR count). The Kier molecular flexibility index (Phi) is 6.27. The number of carbonyl (C=O) groups is 1. The molecule has 2 aromatic rings. The van der Waals surface area contributed by atoms with Crippen LogP contribution in [-0.4, -0.2) is 85.2 Å². The molecule has 0 saturated carbocycles. The van der Waals surface area contributed by atoms with Crippen molar-refractivity contribution in [2.45, 2.75) is 20.8 Å². The van der Waals surface area contributed by atoms with Crippen LogP contribution in [0.3, 0.4) is 0 Å². The fourth-order valence-corrected chi connectivity index (χ4v) is 4.05. The Bertz CT molecular complexity index is 932. The molecule has 2 saturated heterocycles. The summed E-state index contributed by atoms with van der Waals surface area (Å²) in [6.07, 6.45) is 0. The molecule has 1 aromatic heterocycles. The summed E-state index contributed by atoms with van der Waals surface area (Å²) in [4.78, 5) is 31.1. The summed E-state index contributed by atoms with van der Waals surface area (Å²) in [5.41, 5.74) is 4.07. The molecule has 2 amide bonds. The number of hydrogen-bond acceptors (Lipinski definition) is 6. The Balaban J connectivity index is 1.38. The Morgan fingerprint density at radius 2 is 1.55 bits per heavy atom. The van der Waals surface area contributed by atoms with Crippen LogP contribution in [0.2, 0.25) is 0 Å². The Hall–Kier alpha value is -2.87. The van der Waals surface area contributed by atoms with E-state index in [1.807, 2.05) is 37.8 Å². The van der Waals surface area contributed by atoms with E-state index in [1.165, 1.54) is 0 Å². The van der Waals surface area contributed by atoms with Crippen LogP contribution in [0.4, 0.5) is 22.2 Å². The van der Waals surface area contributed by atoms with Crippen molar-refractivity contribution in [1.29, 1.82) is 0 Å². The van der Waals surface area contributed by atoms with Gasteiger partial charge in [-0.15, -0.1) is 0 Å². The van der Waals surface area contributed by atoms with Gasteiger partial charge in [0.25, 0.3) is 0 Å². The summed E-state index contributed by atoms with van der Waals surface area (Å²) >= 11 is 0. The number of nitrogens with one attached hydrogen (secondary N) is 1. The fourth-order valence-electron chi connectivity index (χ4n) is 4.05. The molecule has 0 bridgehead atoms. The second-order valence-corrected chi connectivity index (χ2v) is 8.68. The van der Waals surface area contributed by atoms with Crippen LogP contribution in [0, 0.1) is 20.8 Å². The predicted octanol–water partition coefficient (Wildman–Crippen LogP) is 2.51. The molecule has 31 heavy (non-hydrogen) atoms. The number of aromatic nitrogens is 2. The molecule has 2 fully saturated rings. The van der Waals surface area contributed by atoms with Crippen LogP contribution in [0.15, 0.2) is 24.3 Å². The van der Waals surface area contributed by atoms with Gasteiger partial charge in [0.15, 0.2) is 0 Å². The van der Waals surface area contributed by atoms with E-state index in [0.29, 0.717) is 13.1 Å². The van der Waals surface area contributed by atoms with Crippen molar-refractivity contribution in [3.05, 3.63) is 41.1 Å². The van der Waals surface area contributed by atoms with Gasteiger partial charge in [0.2, 0.25) is 5.95 Å². The molecule has 3 heterocycles. The molecule has 0 spiro atoms. The monoisotopic (exact) mass is 423 g/mol. The minimum atomic E-state index is -0.0448. The topological polar surface area (TPSA) is 67.8 Å². The molecule has 0 unspecified atom stereocenters. The van der Waals surface area contributed by atoms with Gasteiger partial charge in [-0.25, -0.2) is 9.78 Å². The van der Waals surface area contributed by atoms with E-state index in [1.54, 1.807) is 0 Å². The van der Waals surface area contributed by atoms with Crippen molar-refractivity contribution in [1.82, 2.24) is 19.8 Å². The van der Waals surface area contributed by atoms with E-state index < -0.39 is 0 Å². The zero-order chi connectivity index (χ0) is 22.0. The molecular weight excluding hydrogens is 390 g/mol.